The van der Waals surface area contributed by atoms with Gasteiger partial charge in [0.05, 0.1) is 12.0 Å². The maximum Gasteiger partial charge on any atom is 0.0949 e. The van der Waals surface area contributed by atoms with Gasteiger partial charge in [0, 0.05) is 18.7 Å². The van der Waals surface area contributed by atoms with Gasteiger partial charge in [0.25, 0.3) is 0 Å². The van der Waals surface area contributed by atoms with E-state index in [1.165, 1.54) is 17.8 Å². The summed E-state index contributed by atoms with van der Waals surface area (Å²) in [6, 6.07) is 0. The van der Waals surface area contributed by atoms with Crippen molar-refractivity contribution in [2.45, 2.75) is 39.0 Å². The van der Waals surface area contributed by atoms with Crippen LogP contribution in [0.1, 0.15) is 44.0 Å². The Labute approximate surface area is 91.7 Å². The van der Waals surface area contributed by atoms with Crippen LogP contribution in [0.2, 0.25) is 0 Å². The summed E-state index contributed by atoms with van der Waals surface area (Å²) in [6.45, 7) is 5.44. The first-order valence-electron chi connectivity index (χ1n) is 5.73. The molecule has 0 saturated carbocycles. The van der Waals surface area contributed by atoms with Crippen molar-refractivity contribution < 1.29 is 0 Å². The molecule has 1 atom stereocenters. The quantitative estimate of drug-likeness (QED) is 0.804. The minimum atomic E-state index is 0.390. The van der Waals surface area contributed by atoms with E-state index in [0.29, 0.717) is 11.3 Å². The molecule has 0 fully saturated rings. The number of nitrogens with zero attached hydrogens (tertiary/aromatic N) is 2. The molecule has 1 unspecified atom stereocenters. The molecule has 0 saturated heterocycles. The lowest BCUT2D eigenvalue weighted by atomic mass is 9.72. The van der Waals surface area contributed by atoms with E-state index in [2.05, 4.69) is 30.4 Å². The maximum atomic E-state index is 5.68. The Hall–Kier alpha value is -0.830. The van der Waals surface area contributed by atoms with Crippen molar-refractivity contribution >= 4 is 0 Å². The molecule has 0 amide bonds. The minimum Gasteiger partial charge on any atom is -0.337 e. The Kier molecular flexibility index (Phi) is 2.59. The summed E-state index contributed by atoms with van der Waals surface area (Å²) in [5, 5.41) is 0. The summed E-state index contributed by atoms with van der Waals surface area (Å²) in [7, 11) is 2.09. The van der Waals surface area contributed by atoms with E-state index >= 15 is 0 Å². The highest BCUT2D eigenvalue weighted by Crippen LogP contribution is 2.42. The van der Waals surface area contributed by atoms with Crippen LogP contribution >= 0.6 is 0 Å². The van der Waals surface area contributed by atoms with Crippen LogP contribution < -0.4 is 5.73 Å². The van der Waals surface area contributed by atoms with Crippen molar-refractivity contribution in [2.75, 3.05) is 6.54 Å². The normalized spacial score (nSPS) is 23.9. The van der Waals surface area contributed by atoms with Crippen LogP contribution in [-0.2, 0) is 13.5 Å². The zero-order valence-electron chi connectivity index (χ0n) is 9.95. The van der Waals surface area contributed by atoms with Gasteiger partial charge in [0.15, 0.2) is 0 Å². The standard InChI is InChI=1S/C12H21N3/c1-12(2)6-9(4-5-13)11-10(7-12)15(3)8-14-11/h8-9H,4-7,13H2,1-3H3. The van der Waals surface area contributed by atoms with Gasteiger partial charge in [0.1, 0.15) is 0 Å². The second-order valence-corrected chi connectivity index (χ2v) is 5.51. The molecule has 0 aromatic carbocycles. The lowest BCUT2D eigenvalue weighted by molar-refractivity contribution is 0.266. The molecule has 0 spiro atoms. The third-order valence-corrected chi connectivity index (χ3v) is 3.44. The fourth-order valence-corrected chi connectivity index (χ4v) is 2.76. The van der Waals surface area contributed by atoms with Crippen LogP contribution in [0.4, 0.5) is 0 Å². The summed E-state index contributed by atoms with van der Waals surface area (Å²) >= 11 is 0. The summed E-state index contributed by atoms with van der Waals surface area (Å²) < 4.78 is 2.17. The van der Waals surface area contributed by atoms with Crippen LogP contribution in [0.15, 0.2) is 6.33 Å². The van der Waals surface area contributed by atoms with Crippen LogP contribution in [0.5, 0.6) is 0 Å². The second-order valence-electron chi connectivity index (χ2n) is 5.51. The molecule has 2 N–H and O–H groups in total. The highest BCUT2D eigenvalue weighted by atomic mass is 15.0. The summed E-state index contributed by atoms with van der Waals surface area (Å²) in [4.78, 5) is 4.53. The Bertz CT molecular complexity index is 352. The van der Waals surface area contributed by atoms with Crippen molar-refractivity contribution in [2.24, 2.45) is 18.2 Å². The van der Waals surface area contributed by atoms with Crippen molar-refractivity contribution in [1.82, 2.24) is 9.55 Å². The zero-order chi connectivity index (χ0) is 11.1. The number of hydrogen-bond acceptors (Lipinski definition) is 2. The van der Waals surface area contributed by atoms with Gasteiger partial charge >= 0.3 is 0 Å². The number of imidazole rings is 1. The number of aromatic nitrogens is 2. The van der Waals surface area contributed by atoms with E-state index in [4.69, 9.17) is 5.73 Å². The number of rotatable bonds is 2. The van der Waals surface area contributed by atoms with Gasteiger partial charge in [-0.1, -0.05) is 13.8 Å². The predicted molar refractivity (Wildman–Crippen MR) is 61.7 cm³/mol. The minimum absolute atomic E-state index is 0.390. The van der Waals surface area contributed by atoms with Crippen LogP contribution in [0, 0.1) is 5.41 Å². The smallest absolute Gasteiger partial charge is 0.0949 e. The molecule has 0 radical (unpaired) electrons. The fraction of sp³-hybridized carbons (Fsp3) is 0.750. The van der Waals surface area contributed by atoms with Gasteiger partial charge in [-0.3, -0.25) is 0 Å². The van der Waals surface area contributed by atoms with E-state index in [1.807, 2.05) is 6.33 Å². The molecular formula is C12H21N3. The molecule has 1 aromatic rings. The van der Waals surface area contributed by atoms with Gasteiger partial charge in [-0.25, -0.2) is 4.98 Å². The highest BCUT2D eigenvalue weighted by molar-refractivity contribution is 5.23. The van der Waals surface area contributed by atoms with E-state index < -0.39 is 0 Å². The van der Waals surface area contributed by atoms with Crippen LogP contribution in [0.3, 0.4) is 0 Å². The average molecular weight is 207 g/mol. The average Bonchev–Trinajstić information content (AvgIpc) is 2.47. The Balaban J connectivity index is 2.35. The highest BCUT2D eigenvalue weighted by Gasteiger charge is 2.34. The lowest BCUT2D eigenvalue weighted by Gasteiger charge is -2.35. The van der Waals surface area contributed by atoms with Gasteiger partial charge in [0.2, 0.25) is 0 Å². The molecule has 1 aliphatic rings. The Morgan fingerprint density at radius 1 is 1.60 bits per heavy atom. The molecule has 15 heavy (non-hydrogen) atoms. The molecule has 2 rings (SSSR count). The predicted octanol–water partition coefficient (Wildman–Crippen LogP) is 1.82. The van der Waals surface area contributed by atoms with E-state index in [9.17, 15) is 0 Å². The van der Waals surface area contributed by atoms with Crippen molar-refractivity contribution in [1.29, 1.82) is 0 Å². The number of hydrogen-bond donors (Lipinski definition) is 1. The molecular weight excluding hydrogens is 186 g/mol. The summed E-state index contributed by atoms with van der Waals surface area (Å²) in [5.74, 6) is 0.565. The molecule has 84 valence electrons. The molecule has 1 aromatic heterocycles. The van der Waals surface area contributed by atoms with Gasteiger partial charge in [-0.15, -0.1) is 0 Å². The first-order chi connectivity index (χ1) is 7.03. The van der Waals surface area contributed by atoms with Crippen molar-refractivity contribution in [3.63, 3.8) is 0 Å². The fourth-order valence-electron chi connectivity index (χ4n) is 2.76. The third kappa shape index (κ3) is 1.93. The second kappa shape index (κ2) is 3.63. The van der Waals surface area contributed by atoms with Crippen LogP contribution in [0.25, 0.3) is 0 Å². The first kappa shape index (κ1) is 10.7. The molecule has 3 heteroatoms. The largest absolute Gasteiger partial charge is 0.337 e. The lowest BCUT2D eigenvalue weighted by Crippen LogP contribution is -2.28. The molecule has 3 nitrogen and oxygen atoms in total. The summed E-state index contributed by atoms with van der Waals surface area (Å²) in [6.07, 6.45) is 5.36. The number of aryl methyl sites for hydroxylation is 1. The maximum absolute atomic E-state index is 5.68. The monoisotopic (exact) mass is 207 g/mol. The van der Waals surface area contributed by atoms with E-state index in [0.717, 1.165) is 19.4 Å². The van der Waals surface area contributed by atoms with Gasteiger partial charge in [-0.05, 0) is 31.2 Å². The first-order valence-corrected chi connectivity index (χ1v) is 5.73. The van der Waals surface area contributed by atoms with Gasteiger partial charge < -0.3 is 10.3 Å². The SMILES string of the molecule is Cn1cnc2c1CC(C)(C)CC2CCN. The topological polar surface area (TPSA) is 43.8 Å². The van der Waals surface area contributed by atoms with Crippen LogP contribution in [-0.4, -0.2) is 16.1 Å². The van der Waals surface area contributed by atoms with Crippen molar-refractivity contribution in [3.8, 4) is 0 Å². The zero-order valence-corrected chi connectivity index (χ0v) is 9.95. The molecule has 0 bridgehead atoms. The van der Waals surface area contributed by atoms with E-state index in [1.54, 1.807) is 0 Å². The Morgan fingerprint density at radius 2 is 2.33 bits per heavy atom. The number of fused-ring (bicyclic) bond motifs is 1. The Morgan fingerprint density at radius 3 is 3.00 bits per heavy atom. The van der Waals surface area contributed by atoms with Crippen molar-refractivity contribution in [3.05, 3.63) is 17.7 Å². The van der Waals surface area contributed by atoms with Gasteiger partial charge in [-0.2, -0.15) is 0 Å². The number of nitrogens with two attached hydrogens (primary N) is 1. The van der Waals surface area contributed by atoms with E-state index in [-0.39, 0.29) is 0 Å². The summed E-state index contributed by atoms with van der Waals surface area (Å²) in [5.41, 5.74) is 8.77. The molecule has 1 aliphatic carbocycles. The third-order valence-electron chi connectivity index (χ3n) is 3.44. The molecule has 1 heterocycles. The molecule has 0 aliphatic heterocycles.